The van der Waals surface area contributed by atoms with Crippen molar-refractivity contribution in [3.63, 3.8) is 0 Å². The van der Waals surface area contributed by atoms with Gasteiger partial charge in [0.15, 0.2) is 5.58 Å². The van der Waals surface area contributed by atoms with Crippen LogP contribution in [0.3, 0.4) is 0 Å². The molecule has 0 bridgehead atoms. The number of hydrogen-bond donors (Lipinski definition) is 1. The van der Waals surface area contributed by atoms with Crippen LogP contribution in [-0.4, -0.2) is 15.1 Å². The monoisotopic (exact) mass is 418 g/mol. The van der Waals surface area contributed by atoms with Gasteiger partial charge in [-0.05, 0) is 29.8 Å². The van der Waals surface area contributed by atoms with Crippen LogP contribution >= 0.6 is 12.4 Å². The molecule has 0 fully saturated rings. The Hall–Kier alpha value is -3.48. The molecule has 0 spiro atoms. The molecule has 0 aliphatic carbocycles. The molecule has 5 aromatic rings. The fourth-order valence-electron chi connectivity index (χ4n) is 3.51. The molecule has 2 N–H and O–H groups in total. The average Bonchev–Trinajstić information content (AvgIpc) is 3.44. The minimum Gasteiger partial charge on any atom is -0.443 e. The Kier molecular flexibility index (Phi) is 5.61. The number of aromatic nitrogens is 3. The minimum atomic E-state index is -0.256. The molecule has 3 aromatic heterocycles. The van der Waals surface area contributed by atoms with Gasteiger partial charge in [0.25, 0.3) is 0 Å². The standard InChI is InChI=1S/C23H18N4O2.ClH/c24-19(14-15-6-5-10-20(26-15)23-25-12-13-28-23)16-7-1-2-8-17(16)22-18-9-3-4-11-21(18)29-27-22;/h1-13,19H,14,24H2;1H/t19-;/m0./s1. The maximum atomic E-state index is 6.61. The predicted molar refractivity (Wildman–Crippen MR) is 117 cm³/mol. The molecule has 30 heavy (non-hydrogen) atoms. The molecule has 0 radical (unpaired) electrons. The molecule has 1 atom stereocenters. The second kappa shape index (κ2) is 8.49. The Morgan fingerprint density at radius 3 is 2.63 bits per heavy atom. The van der Waals surface area contributed by atoms with Crippen molar-refractivity contribution in [2.75, 3.05) is 0 Å². The van der Waals surface area contributed by atoms with Gasteiger partial charge in [-0.25, -0.2) is 9.97 Å². The number of pyridine rings is 1. The van der Waals surface area contributed by atoms with E-state index >= 15 is 0 Å². The van der Waals surface area contributed by atoms with Crippen molar-refractivity contribution in [3.05, 3.63) is 90.4 Å². The molecule has 0 unspecified atom stereocenters. The maximum absolute atomic E-state index is 6.61. The van der Waals surface area contributed by atoms with Crippen molar-refractivity contribution in [1.29, 1.82) is 0 Å². The van der Waals surface area contributed by atoms with Gasteiger partial charge in [0.2, 0.25) is 5.89 Å². The highest BCUT2D eigenvalue weighted by molar-refractivity contribution is 5.92. The molecule has 0 aliphatic heterocycles. The molecule has 6 nitrogen and oxygen atoms in total. The first-order valence-corrected chi connectivity index (χ1v) is 9.35. The summed E-state index contributed by atoms with van der Waals surface area (Å²) in [5.41, 5.74) is 11.7. The smallest absolute Gasteiger partial charge is 0.244 e. The molecule has 5 rings (SSSR count). The molecule has 0 saturated carbocycles. The van der Waals surface area contributed by atoms with Gasteiger partial charge < -0.3 is 14.7 Å². The molecule has 0 aliphatic rings. The van der Waals surface area contributed by atoms with Crippen molar-refractivity contribution in [1.82, 2.24) is 15.1 Å². The van der Waals surface area contributed by atoms with E-state index in [-0.39, 0.29) is 18.4 Å². The summed E-state index contributed by atoms with van der Waals surface area (Å²) < 4.78 is 10.8. The van der Waals surface area contributed by atoms with E-state index in [0.29, 0.717) is 18.0 Å². The van der Waals surface area contributed by atoms with E-state index in [2.05, 4.69) is 15.1 Å². The SMILES string of the molecule is Cl.N[C@@H](Cc1cccc(-c2ncco2)n1)c1ccccc1-c1noc2ccccc12. The first-order valence-electron chi connectivity index (χ1n) is 9.35. The van der Waals surface area contributed by atoms with Gasteiger partial charge in [-0.1, -0.05) is 47.6 Å². The van der Waals surface area contributed by atoms with Crippen LogP contribution in [0.2, 0.25) is 0 Å². The Morgan fingerprint density at radius 1 is 0.933 bits per heavy atom. The number of nitrogens with two attached hydrogens (primary N) is 1. The highest BCUT2D eigenvalue weighted by Crippen LogP contribution is 2.33. The van der Waals surface area contributed by atoms with Crippen LogP contribution in [-0.2, 0) is 6.42 Å². The number of nitrogens with zero attached hydrogens (tertiary/aromatic N) is 3. The average molecular weight is 419 g/mol. The number of rotatable bonds is 5. The first kappa shape index (κ1) is 19.8. The highest BCUT2D eigenvalue weighted by atomic mass is 35.5. The third-order valence-corrected chi connectivity index (χ3v) is 4.88. The maximum Gasteiger partial charge on any atom is 0.244 e. The molecule has 150 valence electrons. The zero-order valence-electron chi connectivity index (χ0n) is 15.9. The summed E-state index contributed by atoms with van der Waals surface area (Å²) in [6.45, 7) is 0. The Bertz CT molecular complexity index is 1270. The van der Waals surface area contributed by atoms with E-state index in [1.807, 2.05) is 66.7 Å². The molecular formula is C23H19ClN4O2. The lowest BCUT2D eigenvalue weighted by atomic mass is 9.94. The lowest BCUT2D eigenvalue weighted by molar-refractivity contribution is 0.459. The van der Waals surface area contributed by atoms with Gasteiger partial charge >= 0.3 is 0 Å². The molecule has 3 heterocycles. The van der Waals surface area contributed by atoms with Gasteiger partial charge in [0.05, 0.1) is 6.20 Å². The summed E-state index contributed by atoms with van der Waals surface area (Å²) in [5, 5.41) is 5.27. The molecule has 0 saturated heterocycles. The summed E-state index contributed by atoms with van der Waals surface area (Å²) in [6, 6.07) is 21.4. The van der Waals surface area contributed by atoms with Crippen LogP contribution in [0.5, 0.6) is 0 Å². The number of benzene rings is 2. The molecule has 7 heteroatoms. The third-order valence-electron chi connectivity index (χ3n) is 4.88. The van der Waals surface area contributed by atoms with Gasteiger partial charge in [-0.3, -0.25) is 0 Å². The van der Waals surface area contributed by atoms with Crippen molar-refractivity contribution >= 4 is 23.4 Å². The second-order valence-electron chi connectivity index (χ2n) is 6.78. The Labute approximate surface area is 179 Å². The van der Waals surface area contributed by atoms with Gasteiger partial charge in [0.1, 0.15) is 17.7 Å². The van der Waals surface area contributed by atoms with Crippen LogP contribution in [0.25, 0.3) is 33.8 Å². The van der Waals surface area contributed by atoms with Crippen LogP contribution in [0.4, 0.5) is 0 Å². The van der Waals surface area contributed by atoms with Gasteiger partial charge in [-0.2, -0.15) is 0 Å². The van der Waals surface area contributed by atoms with E-state index in [9.17, 15) is 0 Å². The summed E-state index contributed by atoms with van der Waals surface area (Å²) in [5.74, 6) is 0.495. The lowest BCUT2D eigenvalue weighted by Crippen LogP contribution is -2.15. The first-order chi connectivity index (χ1) is 14.3. The second-order valence-corrected chi connectivity index (χ2v) is 6.78. The number of hydrogen-bond acceptors (Lipinski definition) is 6. The third kappa shape index (κ3) is 3.70. The molecule has 2 aromatic carbocycles. The van der Waals surface area contributed by atoms with E-state index < -0.39 is 0 Å². The zero-order chi connectivity index (χ0) is 19.6. The summed E-state index contributed by atoms with van der Waals surface area (Å²) in [4.78, 5) is 8.82. The number of oxazole rings is 1. The Balaban J connectivity index is 0.00000218. The van der Waals surface area contributed by atoms with Crippen LogP contribution in [0, 0.1) is 0 Å². The van der Waals surface area contributed by atoms with Crippen molar-refractivity contribution in [3.8, 4) is 22.8 Å². The fourth-order valence-corrected chi connectivity index (χ4v) is 3.51. The van der Waals surface area contributed by atoms with Crippen LogP contribution < -0.4 is 5.73 Å². The fraction of sp³-hybridized carbons (Fsp3) is 0.0870. The summed E-state index contributed by atoms with van der Waals surface area (Å²) in [7, 11) is 0. The largest absolute Gasteiger partial charge is 0.443 e. The van der Waals surface area contributed by atoms with Gasteiger partial charge in [0, 0.05) is 29.1 Å². The number of halogens is 1. The molecular weight excluding hydrogens is 400 g/mol. The van der Waals surface area contributed by atoms with Crippen LogP contribution in [0.15, 0.2) is 88.1 Å². The zero-order valence-corrected chi connectivity index (χ0v) is 16.8. The van der Waals surface area contributed by atoms with E-state index in [1.54, 1.807) is 6.20 Å². The highest BCUT2D eigenvalue weighted by Gasteiger charge is 2.18. The summed E-state index contributed by atoms with van der Waals surface area (Å²) >= 11 is 0. The Morgan fingerprint density at radius 2 is 1.77 bits per heavy atom. The summed E-state index contributed by atoms with van der Waals surface area (Å²) in [6.07, 6.45) is 3.71. The quantitative estimate of drug-likeness (QED) is 0.421. The minimum absolute atomic E-state index is 0. The number of para-hydroxylation sites is 1. The molecule has 0 amide bonds. The van der Waals surface area contributed by atoms with E-state index in [1.165, 1.54) is 6.26 Å². The lowest BCUT2D eigenvalue weighted by Gasteiger charge is -2.15. The normalized spacial score (nSPS) is 11.9. The van der Waals surface area contributed by atoms with Crippen molar-refractivity contribution in [2.45, 2.75) is 12.5 Å². The number of fused-ring (bicyclic) bond motifs is 1. The van der Waals surface area contributed by atoms with E-state index in [4.69, 9.17) is 14.7 Å². The van der Waals surface area contributed by atoms with Gasteiger partial charge in [-0.15, -0.1) is 12.4 Å². The van der Waals surface area contributed by atoms with Crippen molar-refractivity contribution < 1.29 is 8.94 Å². The van der Waals surface area contributed by atoms with Crippen LogP contribution in [0.1, 0.15) is 17.3 Å². The van der Waals surface area contributed by atoms with Crippen molar-refractivity contribution in [2.24, 2.45) is 5.73 Å². The topological polar surface area (TPSA) is 91.0 Å². The van der Waals surface area contributed by atoms with E-state index in [0.717, 1.165) is 33.5 Å². The predicted octanol–water partition coefficient (Wildman–Crippen LogP) is 5.21.